The fourth-order valence-electron chi connectivity index (χ4n) is 1.59. The summed E-state index contributed by atoms with van der Waals surface area (Å²) >= 11 is 1.65. The van der Waals surface area contributed by atoms with Gasteiger partial charge in [0.25, 0.3) is 0 Å². The van der Waals surface area contributed by atoms with Gasteiger partial charge in [0, 0.05) is 23.1 Å². The van der Waals surface area contributed by atoms with Gasteiger partial charge in [0.15, 0.2) is 0 Å². The van der Waals surface area contributed by atoms with Gasteiger partial charge in [-0.05, 0) is 25.8 Å². The van der Waals surface area contributed by atoms with E-state index in [1.165, 1.54) is 0 Å². The lowest BCUT2D eigenvalue weighted by atomic mass is 10.0. The summed E-state index contributed by atoms with van der Waals surface area (Å²) in [4.78, 5) is 0. The van der Waals surface area contributed by atoms with Gasteiger partial charge in [0.1, 0.15) is 0 Å². The zero-order chi connectivity index (χ0) is 13.6. The molecular formula is C14H24N2OS. The molecule has 0 saturated carbocycles. The highest BCUT2D eigenvalue weighted by Crippen LogP contribution is 2.13. The van der Waals surface area contributed by atoms with Crippen LogP contribution in [0, 0.1) is 0 Å². The molecule has 0 aliphatic carbocycles. The maximum Gasteiger partial charge on any atom is 0.0784 e. The zero-order valence-electron chi connectivity index (χ0n) is 11.2. The Labute approximate surface area is 114 Å². The molecule has 4 heteroatoms. The number of benzene rings is 1. The first kappa shape index (κ1) is 15.5. The molecule has 0 spiro atoms. The van der Waals surface area contributed by atoms with Crippen molar-refractivity contribution in [3.63, 3.8) is 0 Å². The van der Waals surface area contributed by atoms with Gasteiger partial charge in [-0.2, -0.15) is 11.8 Å². The highest BCUT2D eigenvalue weighted by Gasteiger charge is 2.17. The van der Waals surface area contributed by atoms with Gasteiger partial charge in [-0.15, -0.1) is 0 Å². The van der Waals surface area contributed by atoms with E-state index in [0.717, 1.165) is 11.3 Å². The summed E-state index contributed by atoms with van der Waals surface area (Å²) in [6.45, 7) is 3.96. The fraction of sp³-hybridized carbons (Fsp3) is 0.571. The molecule has 2 unspecified atom stereocenters. The summed E-state index contributed by atoms with van der Waals surface area (Å²) in [6, 6.07) is 9.79. The van der Waals surface area contributed by atoms with E-state index in [4.69, 9.17) is 11.5 Å². The minimum absolute atomic E-state index is 0.200. The number of aliphatic hydroxyl groups is 1. The van der Waals surface area contributed by atoms with Crippen LogP contribution in [0.4, 0.5) is 0 Å². The molecule has 0 aromatic heterocycles. The van der Waals surface area contributed by atoms with Crippen molar-refractivity contribution in [2.24, 2.45) is 11.5 Å². The van der Waals surface area contributed by atoms with Crippen LogP contribution in [0.25, 0.3) is 0 Å². The molecule has 0 fully saturated rings. The first-order valence-corrected chi connectivity index (χ1v) is 7.38. The monoisotopic (exact) mass is 268 g/mol. The lowest BCUT2D eigenvalue weighted by Gasteiger charge is -2.22. The second-order valence-corrected chi connectivity index (χ2v) is 6.45. The molecule has 0 heterocycles. The van der Waals surface area contributed by atoms with Crippen molar-refractivity contribution < 1.29 is 5.11 Å². The standard InChI is InChI=1S/C14H24N2OS/c1-14(2,16)10-18-9-13(17)12(15)8-11-6-4-3-5-7-11/h3-7,12-13,17H,8-10,15-16H2,1-2H3. The SMILES string of the molecule is CC(C)(N)CSCC(O)C(N)Cc1ccccc1. The lowest BCUT2D eigenvalue weighted by molar-refractivity contribution is 0.167. The van der Waals surface area contributed by atoms with Gasteiger partial charge >= 0.3 is 0 Å². The third-order valence-electron chi connectivity index (χ3n) is 2.57. The van der Waals surface area contributed by atoms with Crippen molar-refractivity contribution in [3.05, 3.63) is 35.9 Å². The van der Waals surface area contributed by atoms with Crippen molar-refractivity contribution in [2.45, 2.75) is 38.0 Å². The molecule has 0 saturated heterocycles. The van der Waals surface area contributed by atoms with Crippen LogP contribution in [0.2, 0.25) is 0 Å². The Morgan fingerprint density at radius 2 is 1.89 bits per heavy atom. The van der Waals surface area contributed by atoms with Crippen LogP contribution in [0.15, 0.2) is 30.3 Å². The smallest absolute Gasteiger partial charge is 0.0784 e. The summed E-state index contributed by atoms with van der Waals surface area (Å²) in [5.74, 6) is 1.46. The van der Waals surface area contributed by atoms with E-state index in [1.807, 2.05) is 44.2 Å². The Balaban J connectivity index is 2.31. The molecule has 0 amide bonds. The topological polar surface area (TPSA) is 72.3 Å². The molecule has 1 aromatic rings. The Hall–Kier alpha value is -0.550. The number of hydrogen-bond acceptors (Lipinski definition) is 4. The van der Waals surface area contributed by atoms with Crippen LogP contribution >= 0.6 is 11.8 Å². The molecule has 0 aliphatic heterocycles. The average Bonchev–Trinajstić information content (AvgIpc) is 2.28. The molecule has 18 heavy (non-hydrogen) atoms. The third-order valence-corrected chi connectivity index (χ3v) is 4.10. The maximum atomic E-state index is 9.99. The van der Waals surface area contributed by atoms with Gasteiger partial charge in [-0.1, -0.05) is 30.3 Å². The summed E-state index contributed by atoms with van der Waals surface area (Å²) in [5.41, 5.74) is 12.9. The summed E-state index contributed by atoms with van der Waals surface area (Å²) in [7, 11) is 0. The van der Waals surface area contributed by atoms with Gasteiger partial charge in [0.05, 0.1) is 6.10 Å². The van der Waals surface area contributed by atoms with Crippen molar-refractivity contribution in [3.8, 4) is 0 Å². The van der Waals surface area contributed by atoms with Gasteiger partial charge < -0.3 is 16.6 Å². The van der Waals surface area contributed by atoms with Crippen molar-refractivity contribution >= 4 is 11.8 Å². The largest absolute Gasteiger partial charge is 0.391 e. The number of aliphatic hydroxyl groups excluding tert-OH is 1. The third kappa shape index (κ3) is 6.40. The van der Waals surface area contributed by atoms with Crippen LogP contribution in [0.1, 0.15) is 19.4 Å². The van der Waals surface area contributed by atoms with E-state index in [1.54, 1.807) is 11.8 Å². The molecule has 1 aromatic carbocycles. The summed E-state index contributed by atoms with van der Waals surface area (Å²) in [6.07, 6.45) is 0.215. The quantitative estimate of drug-likeness (QED) is 0.699. The van der Waals surface area contributed by atoms with Crippen LogP contribution < -0.4 is 11.5 Å². The molecule has 102 valence electrons. The lowest BCUT2D eigenvalue weighted by Crippen LogP contribution is -2.40. The first-order chi connectivity index (χ1) is 8.38. The number of hydrogen-bond donors (Lipinski definition) is 3. The number of thioether (sulfide) groups is 1. The van der Waals surface area contributed by atoms with E-state index in [9.17, 15) is 5.11 Å². The fourth-order valence-corrected chi connectivity index (χ4v) is 2.72. The molecule has 0 aliphatic rings. The van der Waals surface area contributed by atoms with Crippen molar-refractivity contribution in [1.29, 1.82) is 0 Å². The van der Waals surface area contributed by atoms with E-state index in [-0.39, 0.29) is 11.6 Å². The number of rotatable bonds is 7. The molecule has 1 rings (SSSR count). The summed E-state index contributed by atoms with van der Waals surface area (Å²) < 4.78 is 0. The molecule has 5 N–H and O–H groups in total. The predicted molar refractivity (Wildman–Crippen MR) is 79.7 cm³/mol. The van der Waals surface area contributed by atoms with E-state index < -0.39 is 6.10 Å². The van der Waals surface area contributed by atoms with Crippen LogP contribution in [0.3, 0.4) is 0 Å². The van der Waals surface area contributed by atoms with Crippen molar-refractivity contribution in [2.75, 3.05) is 11.5 Å². The first-order valence-electron chi connectivity index (χ1n) is 6.23. The minimum Gasteiger partial charge on any atom is -0.391 e. The van der Waals surface area contributed by atoms with E-state index in [0.29, 0.717) is 12.2 Å². The Morgan fingerprint density at radius 1 is 1.28 bits per heavy atom. The van der Waals surface area contributed by atoms with Crippen LogP contribution in [-0.4, -0.2) is 34.3 Å². The highest BCUT2D eigenvalue weighted by molar-refractivity contribution is 7.99. The Morgan fingerprint density at radius 3 is 2.44 bits per heavy atom. The zero-order valence-corrected chi connectivity index (χ0v) is 12.0. The van der Waals surface area contributed by atoms with E-state index >= 15 is 0 Å². The maximum absolute atomic E-state index is 9.99. The van der Waals surface area contributed by atoms with Gasteiger partial charge in [0.2, 0.25) is 0 Å². The molecule has 2 atom stereocenters. The van der Waals surface area contributed by atoms with Crippen LogP contribution in [-0.2, 0) is 6.42 Å². The summed E-state index contributed by atoms with van der Waals surface area (Å²) in [5, 5.41) is 9.99. The molecular weight excluding hydrogens is 244 g/mol. The van der Waals surface area contributed by atoms with E-state index in [2.05, 4.69) is 0 Å². The van der Waals surface area contributed by atoms with Crippen LogP contribution in [0.5, 0.6) is 0 Å². The Kier molecular flexibility index (Phi) is 6.15. The highest BCUT2D eigenvalue weighted by atomic mass is 32.2. The normalized spacial score (nSPS) is 15.4. The predicted octanol–water partition coefficient (Wildman–Crippen LogP) is 1.39. The minimum atomic E-state index is -0.488. The second-order valence-electron chi connectivity index (χ2n) is 5.42. The van der Waals surface area contributed by atoms with Gasteiger partial charge in [-0.25, -0.2) is 0 Å². The average molecular weight is 268 g/mol. The van der Waals surface area contributed by atoms with Crippen molar-refractivity contribution in [1.82, 2.24) is 0 Å². The van der Waals surface area contributed by atoms with Gasteiger partial charge in [-0.3, -0.25) is 0 Å². The molecule has 0 bridgehead atoms. The Bertz CT molecular complexity index is 337. The number of nitrogens with two attached hydrogens (primary N) is 2. The molecule has 3 nitrogen and oxygen atoms in total. The molecule has 0 radical (unpaired) electrons. The second kappa shape index (κ2) is 7.14.